The molecule has 29 heavy (non-hydrogen) atoms. The number of carbonyl (C=O) groups is 1. The number of nitrogens with zero attached hydrogens (tertiary/aromatic N) is 2. The fraction of sp³-hybridized carbons (Fsp3) is 0.250. The van der Waals surface area contributed by atoms with E-state index >= 15 is 0 Å². The first-order valence-corrected chi connectivity index (χ1v) is 8.89. The van der Waals surface area contributed by atoms with Gasteiger partial charge in [-0.15, -0.1) is 0 Å². The SMILES string of the molecule is CC(C)CNC(=O)Nc1cccc(-c2noc(-c3ccc(C(F)(F)F)cc3)n2)c1. The van der Waals surface area contributed by atoms with E-state index in [9.17, 15) is 18.0 Å². The average molecular weight is 404 g/mol. The van der Waals surface area contributed by atoms with Crippen LogP contribution in [0.5, 0.6) is 0 Å². The largest absolute Gasteiger partial charge is 0.416 e. The number of nitrogens with one attached hydrogen (secondary N) is 2. The quantitative estimate of drug-likeness (QED) is 0.613. The predicted octanol–water partition coefficient (Wildman–Crippen LogP) is 5.20. The molecule has 3 aromatic rings. The summed E-state index contributed by atoms with van der Waals surface area (Å²) in [5, 5.41) is 9.35. The van der Waals surface area contributed by atoms with Gasteiger partial charge in [0.1, 0.15) is 0 Å². The Morgan fingerprint density at radius 1 is 1.10 bits per heavy atom. The fourth-order valence-corrected chi connectivity index (χ4v) is 2.47. The third-order valence-corrected chi connectivity index (χ3v) is 3.93. The third kappa shape index (κ3) is 5.34. The molecule has 0 aliphatic heterocycles. The zero-order valence-electron chi connectivity index (χ0n) is 15.7. The summed E-state index contributed by atoms with van der Waals surface area (Å²) in [6.07, 6.45) is -4.41. The van der Waals surface area contributed by atoms with E-state index in [1.54, 1.807) is 24.3 Å². The van der Waals surface area contributed by atoms with Gasteiger partial charge in [0.15, 0.2) is 0 Å². The van der Waals surface area contributed by atoms with Crippen LogP contribution in [-0.4, -0.2) is 22.7 Å². The lowest BCUT2D eigenvalue weighted by atomic mass is 10.1. The molecule has 0 atom stereocenters. The topological polar surface area (TPSA) is 80.0 Å². The van der Waals surface area contributed by atoms with Gasteiger partial charge in [-0.25, -0.2) is 4.79 Å². The summed E-state index contributed by atoms with van der Waals surface area (Å²) in [6.45, 7) is 4.53. The van der Waals surface area contributed by atoms with Crippen LogP contribution in [0.1, 0.15) is 19.4 Å². The summed E-state index contributed by atoms with van der Waals surface area (Å²) in [5.41, 5.74) is 0.757. The van der Waals surface area contributed by atoms with Crippen molar-refractivity contribution in [3.63, 3.8) is 0 Å². The van der Waals surface area contributed by atoms with E-state index in [0.29, 0.717) is 29.3 Å². The molecular weight excluding hydrogens is 385 g/mol. The van der Waals surface area contributed by atoms with Gasteiger partial charge in [0, 0.05) is 23.4 Å². The predicted molar refractivity (Wildman–Crippen MR) is 102 cm³/mol. The van der Waals surface area contributed by atoms with Gasteiger partial charge in [-0.05, 0) is 42.3 Å². The molecule has 6 nitrogen and oxygen atoms in total. The van der Waals surface area contributed by atoms with Crippen molar-refractivity contribution in [1.29, 1.82) is 0 Å². The van der Waals surface area contributed by atoms with Crippen LogP contribution >= 0.6 is 0 Å². The number of aromatic nitrogens is 2. The van der Waals surface area contributed by atoms with E-state index in [1.165, 1.54) is 12.1 Å². The van der Waals surface area contributed by atoms with Gasteiger partial charge in [-0.1, -0.05) is 31.1 Å². The van der Waals surface area contributed by atoms with Gasteiger partial charge in [0.25, 0.3) is 5.89 Å². The van der Waals surface area contributed by atoms with Crippen LogP contribution < -0.4 is 10.6 Å². The lowest BCUT2D eigenvalue weighted by Gasteiger charge is -2.09. The van der Waals surface area contributed by atoms with Crippen LogP contribution in [0.25, 0.3) is 22.8 Å². The molecule has 0 aliphatic carbocycles. The van der Waals surface area contributed by atoms with E-state index in [2.05, 4.69) is 20.8 Å². The van der Waals surface area contributed by atoms with Crippen molar-refractivity contribution >= 4 is 11.7 Å². The van der Waals surface area contributed by atoms with Gasteiger partial charge < -0.3 is 15.2 Å². The van der Waals surface area contributed by atoms with E-state index in [-0.39, 0.29) is 17.7 Å². The van der Waals surface area contributed by atoms with Crippen molar-refractivity contribution in [2.45, 2.75) is 20.0 Å². The molecule has 1 aromatic heterocycles. The Bertz CT molecular complexity index is 982. The second-order valence-electron chi connectivity index (χ2n) is 6.81. The number of anilines is 1. The van der Waals surface area contributed by atoms with Crippen molar-refractivity contribution in [3.8, 4) is 22.8 Å². The molecule has 2 N–H and O–H groups in total. The lowest BCUT2D eigenvalue weighted by molar-refractivity contribution is -0.137. The van der Waals surface area contributed by atoms with Gasteiger partial charge >= 0.3 is 12.2 Å². The number of urea groups is 1. The summed E-state index contributed by atoms with van der Waals surface area (Å²) >= 11 is 0. The number of hydrogen-bond acceptors (Lipinski definition) is 4. The number of halogens is 3. The average Bonchev–Trinajstić information content (AvgIpc) is 3.16. The maximum atomic E-state index is 12.7. The first kappa shape index (κ1) is 20.4. The maximum absolute atomic E-state index is 12.7. The number of amides is 2. The molecule has 152 valence electrons. The molecule has 2 aromatic carbocycles. The summed E-state index contributed by atoms with van der Waals surface area (Å²) in [4.78, 5) is 16.1. The highest BCUT2D eigenvalue weighted by molar-refractivity contribution is 5.89. The molecule has 9 heteroatoms. The molecule has 0 aliphatic rings. The lowest BCUT2D eigenvalue weighted by Crippen LogP contribution is -2.31. The van der Waals surface area contributed by atoms with Gasteiger partial charge in [-0.2, -0.15) is 18.2 Å². The highest BCUT2D eigenvalue weighted by Crippen LogP contribution is 2.31. The molecule has 3 rings (SSSR count). The molecule has 0 saturated heterocycles. The van der Waals surface area contributed by atoms with Crippen LogP contribution in [0.15, 0.2) is 53.1 Å². The highest BCUT2D eigenvalue weighted by atomic mass is 19.4. The monoisotopic (exact) mass is 404 g/mol. The Labute approximate surface area is 165 Å². The molecule has 1 heterocycles. The Hall–Kier alpha value is -3.36. The molecule has 0 spiro atoms. The zero-order chi connectivity index (χ0) is 21.0. The van der Waals surface area contributed by atoms with E-state index in [4.69, 9.17) is 4.52 Å². The number of carbonyl (C=O) groups excluding carboxylic acids is 1. The van der Waals surface area contributed by atoms with Crippen molar-refractivity contribution in [1.82, 2.24) is 15.5 Å². The molecule has 2 amide bonds. The smallest absolute Gasteiger partial charge is 0.338 e. The van der Waals surface area contributed by atoms with Crippen LogP contribution in [0, 0.1) is 5.92 Å². The first-order chi connectivity index (χ1) is 13.7. The van der Waals surface area contributed by atoms with E-state index in [0.717, 1.165) is 12.1 Å². The molecule has 0 saturated carbocycles. The van der Waals surface area contributed by atoms with Crippen molar-refractivity contribution in [3.05, 3.63) is 54.1 Å². The van der Waals surface area contributed by atoms with Crippen molar-refractivity contribution in [2.24, 2.45) is 5.92 Å². The van der Waals surface area contributed by atoms with Crippen molar-refractivity contribution < 1.29 is 22.5 Å². The number of hydrogen-bond donors (Lipinski definition) is 2. The zero-order valence-corrected chi connectivity index (χ0v) is 15.7. The maximum Gasteiger partial charge on any atom is 0.416 e. The van der Waals surface area contributed by atoms with E-state index < -0.39 is 11.7 Å². The van der Waals surface area contributed by atoms with Crippen LogP contribution in [0.2, 0.25) is 0 Å². The van der Waals surface area contributed by atoms with Crippen LogP contribution in [0.4, 0.5) is 23.7 Å². The second-order valence-corrected chi connectivity index (χ2v) is 6.81. The van der Waals surface area contributed by atoms with E-state index in [1.807, 2.05) is 13.8 Å². The number of alkyl halides is 3. The summed E-state index contributed by atoms with van der Waals surface area (Å²) in [7, 11) is 0. The summed E-state index contributed by atoms with van der Waals surface area (Å²) in [6, 6.07) is 11.0. The molecular formula is C20H19F3N4O2. The summed E-state index contributed by atoms with van der Waals surface area (Å²) < 4.78 is 43.2. The standard InChI is InChI=1S/C20H19F3N4O2/c1-12(2)11-24-19(28)25-16-5-3-4-14(10-16)17-26-18(29-27-17)13-6-8-15(9-7-13)20(21,22)23/h3-10,12H,11H2,1-2H3,(H2,24,25,28). The Morgan fingerprint density at radius 2 is 1.83 bits per heavy atom. The van der Waals surface area contributed by atoms with Crippen molar-refractivity contribution in [2.75, 3.05) is 11.9 Å². The second kappa shape index (κ2) is 8.34. The fourth-order valence-electron chi connectivity index (χ4n) is 2.47. The van der Waals surface area contributed by atoms with Crippen LogP contribution in [-0.2, 0) is 6.18 Å². The van der Waals surface area contributed by atoms with Gasteiger partial charge in [0.2, 0.25) is 5.82 Å². The third-order valence-electron chi connectivity index (χ3n) is 3.93. The Kier molecular flexibility index (Phi) is 5.86. The Balaban J connectivity index is 1.74. The molecule has 0 bridgehead atoms. The molecule has 0 fully saturated rings. The highest BCUT2D eigenvalue weighted by Gasteiger charge is 2.30. The molecule has 0 radical (unpaired) electrons. The molecule has 0 unspecified atom stereocenters. The normalized spacial score (nSPS) is 11.5. The number of benzene rings is 2. The van der Waals surface area contributed by atoms with Gasteiger partial charge in [-0.3, -0.25) is 0 Å². The minimum Gasteiger partial charge on any atom is -0.338 e. The number of rotatable bonds is 5. The first-order valence-electron chi connectivity index (χ1n) is 8.89. The Morgan fingerprint density at radius 3 is 2.48 bits per heavy atom. The van der Waals surface area contributed by atoms with Crippen LogP contribution in [0.3, 0.4) is 0 Å². The van der Waals surface area contributed by atoms with Gasteiger partial charge in [0.05, 0.1) is 5.56 Å². The minimum absolute atomic E-state index is 0.0989. The summed E-state index contributed by atoms with van der Waals surface area (Å²) in [5.74, 6) is 0.683. The minimum atomic E-state index is -4.41.